The largest absolute Gasteiger partial charge is 0.439 e. The van der Waals surface area contributed by atoms with Crippen LogP contribution in [0.2, 0.25) is 0 Å². The lowest BCUT2D eigenvalue weighted by Gasteiger charge is -2.36. The molecule has 1 aliphatic heterocycles. The molecule has 1 aliphatic rings. The molecule has 3 aromatic rings. The Bertz CT molecular complexity index is 948. The lowest BCUT2D eigenvalue weighted by Crippen LogP contribution is -2.44. The Morgan fingerprint density at radius 2 is 1.72 bits per heavy atom. The van der Waals surface area contributed by atoms with Crippen LogP contribution in [-0.2, 0) is 14.9 Å². The summed E-state index contributed by atoms with van der Waals surface area (Å²) in [7, 11) is 0. The van der Waals surface area contributed by atoms with Crippen molar-refractivity contribution in [3.8, 4) is 11.6 Å². The first-order valence-electron chi connectivity index (χ1n) is 9.81. The van der Waals surface area contributed by atoms with Crippen LogP contribution in [0.1, 0.15) is 24.0 Å². The van der Waals surface area contributed by atoms with Gasteiger partial charge in [-0.1, -0.05) is 48.0 Å². The van der Waals surface area contributed by atoms with Crippen LogP contribution in [0.3, 0.4) is 0 Å². The third-order valence-corrected chi connectivity index (χ3v) is 5.34. The summed E-state index contributed by atoms with van der Waals surface area (Å²) in [6.45, 7) is 3.17. The smallest absolute Gasteiger partial charge is 0.235 e. The summed E-state index contributed by atoms with van der Waals surface area (Å²) in [6, 6.07) is 21.3. The Kier molecular flexibility index (Phi) is 5.58. The maximum atomic E-state index is 13.3. The van der Waals surface area contributed by atoms with Crippen molar-refractivity contribution in [2.24, 2.45) is 0 Å². The monoisotopic (exact) mass is 388 g/mol. The molecular weight excluding hydrogens is 364 g/mol. The van der Waals surface area contributed by atoms with Gasteiger partial charge in [0.25, 0.3) is 0 Å². The second-order valence-electron chi connectivity index (χ2n) is 7.31. The van der Waals surface area contributed by atoms with Crippen molar-refractivity contribution < 1.29 is 14.3 Å². The predicted octanol–water partition coefficient (Wildman–Crippen LogP) is 4.87. The van der Waals surface area contributed by atoms with Gasteiger partial charge in [-0.15, -0.1) is 0 Å². The van der Waals surface area contributed by atoms with E-state index in [1.54, 1.807) is 12.3 Å². The molecule has 0 spiro atoms. The fourth-order valence-electron chi connectivity index (χ4n) is 3.62. The van der Waals surface area contributed by atoms with Gasteiger partial charge in [0.05, 0.1) is 17.3 Å². The number of amides is 1. The van der Waals surface area contributed by atoms with E-state index in [-0.39, 0.29) is 5.91 Å². The van der Waals surface area contributed by atoms with Crippen LogP contribution in [0, 0.1) is 6.92 Å². The number of carbonyl (C=O) groups is 1. The summed E-state index contributed by atoms with van der Waals surface area (Å²) < 4.78 is 11.3. The molecule has 0 bridgehead atoms. The molecule has 1 amide bonds. The topological polar surface area (TPSA) is 60.5 Å². The molecule has 1 fully saturated rings. The molecule has 148 valence electrons. The average Bonchev–Trinajstić information content (AvgIpc) is 2.78. The molecule has 0 atom stereocenters. The van der Waals surface area contributed by atoms with Crippen LogP contribution in [0.25, 0.3) is 0 Å². The summed E-state index contributed by atoms with van der Waals surface area (Å²) in [6.07, 6.45) is 2.94. The molecule has 2 aromatic carbocycles. The fraction of sp³-hybridized carbons (Fsp3) is 0.250. The third-order valence-electron chi connectivity index (χ3n) is 5.34. The molecule has 5 nitrogen and oxygen atoms in total. The first-order valence-corrected chi connectivity index (χ1v) is 9.81. The summed E-state index contributed by atoms with van der Waals surface area (Å²) in [5.74, 6) is 1.18. The van der Waals surface area contributed by atoms with Crippen molar-refractivity contribution in [2.45, 2.75) is 25.2 Å². The van der Waals surface area contributed by atoms with E-state index >= 15 is 0 Å². The van der Waals surface area contributed by atoms with Crippen molar-refractivity contribution in [1.82, 2.24) is 4.98 Å². The number of carbonyl (C=O) groups excluding carboxylic acids is 1. The van der Waals surface area contributed by atoms with Crippen molar-refractivity contribution in [3.63, 3.8) is 0 Å². The van der Waals surface area contributed by atoms with E-state index in [1.165, 1.54) is 5.56 Å². The number of nitrogens with zero attached hydrogens (tertiary/aromatic N) is 1. The number of aromatic nitrogens is 1. The van der Waals surface area contributed by atoms with E-state index in [0.717, 1.165) is 11.3 Å². The number of hydrogen-bond acceptors (Lipinski definition) is 4. The highest BCUT2D eigenvalue weighted by Crippen LogP contribution is 2.36. The number of rotatable bonds is 5. The van der Waals surface area contributed by atoms with Crippen molar-refractivity contribution in [2.75, 3.05) is 18.5 Å². The van der Waals surface area contributed by atoms with E-state index in [4.69, 9.17) is 9.47 Å². The molecule has 1 N–H and O–H groups in total. The number of aryl methyl sites for hydroxylation is 1. The highest BCUT2D eigenvalue weighted by Gasteiger charge is 2.41. The Hall–Kier alpha value is -3.18. The number of benzene rings is 2. The van der Waals surface area contributed by atoms with E-state index in [1.807, 2.05) is 67.6 Å². The minimum Gasteiger partial charge on any atom is -0.439 e. The average molecular weight is 388 g/mol. The Labute approximate surface area is 170 Å². The predicted molar refractivity (Wildman–Crippen MR) is 112 cm³/mol. The minimum atomic E-state index is -0.587. The lowest BCUT2D eigenvalue weighted by atomic mass is 9.73. The SMILES string of the molecule is Cc1ccc(Oc2ccc(NC(=O)C3(c4ccccc4)CCOCC3)cn2)cc1. The van der Waals surface area contributed by atoms with Crippen LogP contribution >= 0.6 is 0 Å². The number of nitrogens with one attached hydrogen (secondary N) is 1. The standard InChI is InChI=1S/C24H24N2O3/c1-18-7-10-21(11-8-18)29-22-12-9-20(17-25-22)26-23(27)24(13-15-28-16-14-24)19-5-3-2-4-6-19/h2-12,17H,13-16H2,1H3,(H,26,27). The summed E-state index contributed by atoms with van der Waals surface area (Å²) in [5.41, 5.74) is 2.25. The van der Waals surface area contributed by atoms with Crippen molar-refractivity contribution >= 4 is 11.6 Å². The maximum Gasteiger partial charge on any atom is 0.235 e. The van der Waals surface area contributed by atoms with Crippen LogP contribution in [-0.4, -0.2) is 24.1 Å². The Balaban J connectivity index is 1.48. The highest BCUT2D eigenvalue weighted by molar-refractivity contribution is 5.99. The summed E-state index contributed by atoms with van der Waals surface area (Å²) in [4.78, 5) is 17.6. The van der Waals surface area contributed by atoms with Gasteiger partial charge in [0, 0.05) is 19.3 Å². The van der Waals surface area contributed by atoms with Crippen LogP contribution < -0.4 is 10.1 Å². The zero-order chi connectivity index (χ0) is 20.1. The van der Waals surface area contributed by atoms with Crippen molar-refractivity contribution in [3.05, 3.63) is 84.1 Å². The zero-order valence-electron chi connectivity index (χ0n) is 16.4. The van der Waals surface area contributed by atoms with Gasteiger partial charge < -0.3 is 14.8 Å². The van der Waals surface area contributed by atoms with Gasteiger partial charge >= 0.3 is 0 Å². The molecule has 0 radical (unpaired) electrons. The summed E-state index contributed by atoms with van der Waals surface area (Å²) >= 11 is 0. The first-order chi connectivity index (χ1) is 14.2. The van der Waals surface area contributed by atoms with E-state index in [2.05, 4.69) is 10.3 Å². The van der Waals surface area contributed by atoms with Crippen LogP contribution in [0.15, 0.2) is 72.9 Å². The number of pyridine rings is 1. The molecule has 2 heterocycles. The number of ether oxygens (including phenoxy) is 2. The molecule has 29 heavy (non-hydrogen) atoms. The van der Waals surface area contributed by atoms with Crippen molar-refractivity contribution in [1.29, 1.82) is 0 Å². The normalized spacial score (nSPS) is 15.5. The second kappa shape index (κ2) is 8.45. The maximum absolute atomic E-state index is 13.3. The van der Waals surface area contributed by atoms with Gasteiger partial charge in [-0.05, 0) is 43.5 Å². The van der Waals surface area contributed by atoms with Gasteiger partial charge in [-0.3, -0.25) is 4.79 Å². The van der Waals surface area contributed by atoms with Crippen LogP contribution in [0.5, 0.6) is 11.6 Å². The van der Waals surface area contributed by atoms with E-state index in [9.17, 15) is 4.79 Å². The fourth-order valence-corrected chi connectivity index (χ4v) is 3.62. The lowest BCUT2D eigenvalue weighted by molar-refractivity contribution is -0.125. The number of hydrogen-bond donors (Lipinski definition) is 1. The summed E-state index contributed by atoms with van der Waals surface area (Å²) in [5, 5.41) is 3.04. The Morgan fingerprint density at radius 1 is 1.00 bits per heavy atom. The molecule has 0 aliphatic carbocycles. The molecule has 4 rings (SSSR count). The van der Waals surface area contributed by atoms with E-state index < -0.39 is 5.41 Å². The quantitative estimate of drug-likeness (QED) is 0.677. The van der Waals surface area contributed by atoms with Gasteiger partial charge in [0.2, 0.25) is 11.8 Å². The van der Waals surface area contributed by atoms with Gasteiger partial charge in [-0.2, -0.15) is 0 Å². The van der Waals surface area contributed by atoms with Gasteiger partial charge in [0.15, 0.2) is 0 Å². The number of anilines is 1. The van der Waals surface area contributed by atoms with Gasteiger partial charge in [-0.25, -0.2) is 4.98 Å². The molecule has 0 unspecified atom stereocenters. The minimum absolute atomic E-state index is 0.0268. The second-order valence-corrected chi connectivity index (χ2v) is 7.31. The molecule has 5 heteroatoms. The Morgan fingerprint density at radius 3 is 2.38 bits per heavy atom. The molecular formula is C24H24N2O3. The third kappa shape index (κ3) is 4.30. The highest BCUT2D eigenvalue weighted by atomic mass is 16.5. The zero-order valence-corrected chi connectivity index (χ0v) is 16.4. The molecule has 1 aromatic heterocycles. The van der Waals surface area contributed by atoms with Gasteiger partial charge in [0.1, 0.15) is 5.75 Å². The molecule has 0 saturated carbocycles. The van der Waals surface area contributed by atoms with Crippen LogP contribution in [0.4, 0.5) is 5.69 Å². The first kappa shape index (κ1) is 19.2. The van der Waals surface area contributed by atoms with E-state index in [0.29, 0.717) is 37.6 Å². The molecule has 1 saturated heterocycles.